The highest BCUT2D eigenvalue weighted by Gasteiger charge is 2.08. The Morgan fingerprint density at radius 1 is 1.17 bits per heavy atom. The number of H-pyrrole nitrogens is 1. The maximum atomic E-state index is 5.19. The molecule has 0 fully saturated rings. The highest BCUT2D eigenvalue weighted by Crippen LogP contribution is 2.24. The molecular weight excluding hydrogens is 290 g/mol. The number of methoxy groups -OCH3 is 1. The van der Waals surface area contributed by atoms with Gasteiger partial charge in [0.2, 0.25) is 0 Å². The number of benzene rings is 1. The average molecular weight is 309 g/mol. The molecule has 0 spiro atoms. The summed E-state index contributed by atoms with van der Waals surface area (Å²) in [6.45, 7) is 2.71. The number of aryl methyl sites for hydroxylation is 1. The molecule has 0 aliphatic rings. The molecule has 2 N–H and O–H groups in total. The predicted molar refractivity (Wildman–Crippen MR) is 89.3 cm³/mol. The summed E-state index contributed by atoms with van der Waals surface area (Å²) in [6.07, 6.45) is 4.30. The van der Waals surface area contributed by atoms with Crippen molar-refractivity contribution in [2.24, 2.45) is 0 Å². The lowest BCUT2D eigenvalue weighted by atomic mass is 10.1. The van der Waals surface area contributed by atoms with Gasteiger partial charge in [0.25, 0.3) is 0 Å². The minimum Gasteiger partial charge on any atom is -0.497 e. The quantitative estimate of drug-likeness (QED) is 0.732. The van der Waals surface area contributed by atoms with Crippen molar-refractivity contribution in [3.8, 4) is 17.0 Å². The molecule has 6 heteroatoms. The number of nitrogens with one attached hydrogen (secondary N) is 2. The van der Waals surface area contributed by atoms with Crippen LogP contribution < -0.4 is 10.1 Å². The van der Waals surface area contributed by atoms with Gasteiger partial charge in [-0.15, -0.1) is 0 Å². The van der Waals surface area contributed by atoms with Crippen LogP contribution in [0.3, 0.4) is 0 Å². The van der Waals surface area contributed by atoms with Gasteiger partial charge in [-0.05, 0) is 30.7 Å². The van der Waals surface area contributed by atoms with Crippen molar-refractivity contribution in [1.82, 2.24) is 20.2 Å². The fourth-order valence-corrected chi connectivity index (χ4v) is 2.33. The molecule has 0 atom stereocenters. The molecule has 0 aliphatic carbocycles. The molecule has 1 aromatic carbocycles. The molecule has 0 aliphatic heterocycles. The first-order valence-corrected chi connectivity index (χ1v) is 7.51. The number of nitrogens with zero attached hydrogens (tertiary/aromatic N) is 3. The Morgan fingerprint density at radius 2 is 2.00 bits per heavy atom. The average Bonchev–Trinajstić information content (AvgIpc) is 3.09. The number of hydrogen-bond donors (Lipinski definition) is 2. The van der Waals surface area contributed by atoms with E-state index in [4.69, 9.17) is 4.74 Å². The first-order chi connectivity index (χ1) is 11.3. The van der Waals surface area contributed by atoms with E-state index >= 15 is 0 Å². The van der Waals surface area contributed by atoms with Crippen LogP contribution >= 0.6 is 0 Å². The fraction of sp³-hybridized carbons (Fsp3) is 0.235. The summed E-state index contributed by atoms with van der Waals surface area (Å²) in [5, 5.41) is 10.5. The summed E-state index contributed by atoms with van der Waals surface area (Å²) < 4.78 is 5.19. The molecule has 23 heavy (non-hydrogen) atoms. The van der Waals surface area contributed by atoms with Crippen LogP contribution in [0.5, 0.6) is 5.75 Å². The van der Waals surface area contributed by atoms with Crippen LogP contribution in [-0.4, -0.2) is 27.3 Å². The Balaban J connectivity index is 1.75. The smallest absolute Gasteiger partial charge is 0.129 e. The molecule has 0 bridgehead atoms. The molecule has 0 saturated carbocycles. The van der Waals surface area contributed by atoms with E-state index in [1.807, 2.05) is 36.5 Å². The molecule has 0 amide bonds. The lowest BCUT2D eigenvalue weighted by Gasteiger charge is -2.07. The number of anilines is 1. The van der Waals surface area contributed by atoms with E-state index in [1.165, 1.54) is 0 Å². The van der Waals surface area contributed by atoms with E-state index in [9.17, 15) is 0 Å². The Morgan fingerprint density at radius 3 is 2.74 bits per heavy atom. The van der Waals surface area contributed by atoms with Crippen LogP contribution in [0.4, 0.5) is 5.82 Å². The SMILES string of the molecule is CCc1cc(NCc2cn[nH]c2-c2ccc(OC)cc2)ncn1. The summed E-state index contributed by atoms with van der Waals surface area (Å²) >= 11 is 0. The summed E-state index contributed by atoms with van der Waals surface area (Å²) in [5.41, 5.74) is 4.15. The Bertz CT molecular complexity index is 767. The molecule has 118 valence electrons. The molecule has 6 nitrogen and oxygen atoms in total. The summed E-state index contributed by atoms with van der Waals surface area (Å²) in [4.78, 5) is 8.45. The summed E-state index contributed by atoms with van der Waals surface area (Å²) in [7, 11) is 1.66. The van der Waals surface area contributed by atoms with Crippen molar-refractivity contribution >= 4 is 5.82 Å². The van der Waals surface area contributed by atoms with Gasteiger partial charge in [-0.3, -0.25) is 5.10 Å². The van der Waals surface area contributed by atoms with Crippen LogP contribution in [0.25, 0.3) is 11.3 Å². The minimum atomic E-state index is 0.637. The minimum absolute atomic E-state index is 0.637. The Kier molecular flexibility index (Phi) is 4.52. The Hall–Kier alpha value is -2.89. The van der Waals surface area contributed by atoms with Crippen molar-refractivity contribution in [3.63, 3.8) is 0 Å². The molecule has 3 rings (SSSR count). The van der Waals surface area contributed by atoms with Gasteiger partial charge in [-0.2, -0.15) is 5.10 Å². The second-order valence-electron chi connectivity index (χ2n) is 5.10. The van der Waals surface area contributed by atoms with Gasteiger partial charge in [0.05, 0.1) is 19.0 Å². The van der Waals surface area contributed by atoms with Gasteiger partial charge in [-0.1, -0.05) is 6.92 Å². The fourth-order valence-electron chi connectivity index (χ4n) is 2.33. The molecule has 0 unspecified atom stereocenters. The van der Waals surface area contributed by atoms with E-state index in [0.717, 1.165) is 40.5 Å². The number of rotatable bonds is 6. The number of hydrogen-bond acceptors (Lipinski definition) is 5. The van der Waals surface area contributed by atoms with Gasteiger partial charge in [0.15, 0.2) is 0 Å². The highest BCUT2D eigenvalue weighted by molar-refractivity contribution is 5.63. The highest BCUT2D eigenvalue weighted by atomic mass is 16.5. The lowest BCUT2D eigenvalue weighted by molar-refractivity contribution is 0.415. The third kappa shape index (κ3) is 3.48. The number of aromatic amines is 1. The van der Waals surface area contributed by atoms with Gasteiger partial charge in [-0.25, -0.2) is 9.97 Å². The zero-order chi connectivity index (χ0) is 16.1. The van der Waals surface area contributed by atoms with E-state index in [2.05, 4.69) is 32.4 Å². The zero-order valence-electron chi connectivity index (χ0n) is 13.2. The van der Waals surface area contributed by atoms with E-state index in [0.29, 0.717) is 6.54 Å². The maximum Gasteiger partial charge on any atom is 0.129 e. The number of ether oxygens (including phenoxy) is 1. The Labute approximate surface area is 135 Å². The van der Waals surface area contributed by atoms with Crippen LogP contribution in [0.2, 0.25) is 0 Å². The van der Waals surface area contributed by atoms with Gasteiger partial charge in [0.1, 0.15) is 17.9 Å². The van der Waals surface area contributed by atoms with Gasteiger partial charge < -0.3 is 10.1 Å². The van der Waals surface area contributed by atoms with Crippen LogP contribution in [0, 0.1) is 0 Å². The van der Waals surface area contributed by atoms with E-state index < -0.39 is 0 Å². The first kappa shape index (κ1) is 15.0. The van der Waals surface area contributed by atoms with Crippen molar-refractivity contribution in [3.05, 3.63) is 54.1 Å². The standard InChI is InChI=1S/C17H19N5O/c1-3-14-8-16(20-11-19-14)18-9-13-10-21-22-17(13)12-4-6-15(23-2)7-5-12/h4-8,10-11H,3,9H2,1-2H3,(H,21,22)(H,18,19,20). The van der Waals surface area contributed by atoms with Crippen LogP contribution in [0.1, 0.15) is 18.2 Å². The van der Waals surface area contributed by atoms with E-state index in [-0.39, 0.29) is 0 Å². The van der Waals surface area contributed by atoms with Crippen LogP contribution in [0.15, 0.2) is 42.9 Å². The second-order valence-corrected chi connectivity index (χ2v) is 5.10. The van der Waals surface area contributed by atoms with E-state index in [1.54, 1.807) is 13.4 Å². The summed E-state index contributed by atoms with van der Waals surface area (Å²) in [6, 6.07) is 9.86. The first-order valence-electron chi connectivity index (χ1n) is 7.51. The second kappa shape index (κ2) is 6.91. The van der Waals surface area contributed by atoms with Crippen molar-refractivity contribution in [1.29, 1.82) is 0 Å². The molecule has 2 aromatic heterocycles. The summed E-state index contributed by atoms with van der Waals surface area (Å²) in [5.74, 6) is 1.65. The molecule has 0 radical (unpaired) electrons. The van der Waals surface area contributed by atoms with Crippen molar-refractivity contribution in [2.75, 3.05) is 12.4 Å². The maximum absolute atomic E-state index is 5.19. The largest absolute Gasteiger partial charge is 0.497 e. The normalized spacial score (nSPS) is 10.5. The van der Waals surface area contributed by atoms with Crippen LogP contribution in [-0.2, 0) is 13.0 Å². The third-order valence-corrected chi connectivity index (χ3v) is 3.64. The third-order valence-electron chi connectivity index (χ3n) is 3.64. The lowest BCUT2D eigenvalue weighted by Crippen LogP contribution is -2.03. The molecule has 2 heterocycles. The van der Waals surface area contributed by atoms with Gasteiger partial charge >= 0.3 is 0 Å². The molecular formula is C17H19N5O. The van der Waals surface area contributed by atoms with Gasteiger partial charge in [0, 0.05) is 29.4 Å². The monoisotopic (exact) mass is 309 g/mol. The topological polar surface area (TPSA) is 75.7 Å². The van der Waals surface area contributed by atoms with Crippen molar-refractivity contribution in [2.45, 2.75) is 19.9 Å². The van der Waals surface area contributed by atoms with Crippen molar-refractivity contribution < 1.29 is 4.74 Å². The number of aromatic nitrogens is 4. The predicted octanol–water partition coefficient (Wildman–Crippen LogP) is 3.05. The molecule has 0 saturated heterocycles. The molecule has 3 aromatic rings. The zero-order valence-corrected chi connectivity index (χ0v) is 13.2.